The SMILES string of the molecule is CC(C)(C)c1ccc(C(=O)C(=O)N2CCCN(C3CC3)CC2)cc1. The number of rotatable bonds is 3. The summed E-state index contributed by atoms with van der Waals surface area (Å²) in [5, 5.41) is 0. The van der Waals surface area contributed by atoms with E-state index in [1.807, 2.05) is 12.1 Å². The van der Waals surface area contributed by atoms with Crippen LogP contribution in [0.3, 0.4) is 0 Å². The van der Waals surface area contributed by atoms with Gasteiger partial charge < -0.3 is 4.90 Å². The normalized spacial score (nSPS) is 19.9. The van der Waals surface area contributed by atoms with E-state index in [0.29, 0.717) is 18.7 Å². The highest BCUT2D eigenvalue weighted by Gasteiger charge is 2.32. The molecule has 130 valence electrons. The summed E-state index contributed by atoms with van der Waals surface area (Å²) < 4.78 is 0. The predicted octanol–water partition coefficient (Wildman–Crippen LogP) is 2.86. The van der Waals surface area contributed by atoms with Crippen molar-refractivity contribution in [2.45, 2.75) is 51.5 Å². The lowest BCUT2D eigenvalue weighted by atomic mass is 9.86. The third kappa shape index (κ3) is 3.86. The Balaban J connectivity index is 1.64. The minimum Gasteiger partial charge on any atom is -0.334 e. The van der Waals surface area contributed by atoms with Gasteiger partial charge in [0, 0.05) is 37.8 Å². The molecule has 1 amide bonds. The van der Waals surface area contributed by atoms with Crippen molar-refractivity contribution in [3.63, 3.8) is 0 Å². The zero-order valence-electron chi connectivity index (χ0n) is 15.0. The van der Waals surface area contributed by atoms with E-state index in [1.165, 1.54) is 18.4 Å². The third-order valence-electron chi connectivity index (χ3n) is 5.09. The van der Waals surface area contributed by atoms with E-state index < -0.39 is 0 Å². The van der Waals surface area contributed by atoms with E-state index >= 15 is 0 Å². The number of nitrogens with zero attached hydrogens (tertiary/aromatic N) is 2. The van der Waals surface area contributed by atoms with Gasteiger partial charge in [0.05, 0.1) is 0 Å². The molecule has 0 atom stereocenters. The van der Waals surface area contributed by atoms with Crippen molar-refractivity contribution >= 4 is 11.7 Å². The van der Waals surface area contributed by atoms with Crippen molar-refractivity contribution in [2.75, 3.05) is 26.2 Å². The van der Waals surface area contributed by atoms with Crippen LogP contribution in [0.15, 0.2) is 24.3 Å². The Labute approximate surface area is 144 Å². The summed E-state index contributed by atoms with van der Waals surface area (Å²) >= 11 is 0. The number of benzene rings is 1. The number of amides is 1. The van der Waals surface area contributed by atoms with Gasteiger partial charge in [0.2, 0.25) is 5.78 Å². The van der Waals surface area contributed by atoms with Gasteiger partial charge in [-0.3, -0.25) is 14.5 Å². The van der Waals surface area contributed by atoms with E-state index in [0.717, 1.165) is 25.6 Å². The molecule has 2 fully saturated rings. The van der Waals surface area contributed by atoms with Gasteiger partial charge in [-0.25, -0.2) is 0 Å². The topological polar surface area (TPSA) is 40.6 Å². The number of carbonyl (C=O) groups is 2. The first-order valence-electron chi connectivity index (χ1n) is 9.04. The monoisotopic (exact) mass is 328 g/mol. The maximum Gasteiger partial charge on any atom is 0.295 e. The molecule has 4 heteroatoms. The Morgan fingerprint density at radius 2 is 1.62 bits per heavy atom. The molecule has 1 heterocycles. The van der Waals surface area contributed by atoms with Crippen LogP contribution in [0.1, 0.15) is 56.0 Å². The molecule has 1 saturated heterocycles. The molecule has 3 rings (SSSR count). The van der Waals surface area contributed by atoms with Gasteiger partial charge in [-0.1, -0.05) is 45.0 Å². The molecule has 1 saturated carbocycles. The summed E-state index contributed by atoms with van der Waals surface area (Å²) in [6.07, 6.45) is 3.53. The van der Waals surface area contributed by atoms with Crippen LogP contribution in [0.4, 0.5) is 0 Å². The fourth-order valence-corrected chi connectivity index (χ4v) is 3.33. The van der Waals surface area contributed by atoms with Gasteiger partial charge in [-0.2, -0.15) is 0 Å². The molecule has 1 aliphatic heterocycles. The van der Waals surface area contributed by atoms with Gasteiger partial charge in [0.15, 0.2) is 0 Å². The van der Waals surface area contributed by atoms with Crippen molar-refractivity contribution in [2.24, 2.45) is 0 Å². The molecule has 0 unspecified atom stereocenters. The van der Waals surface area contributed by atoms with Gasteiger partial charge in [-0.05, 0) is 30.2 Å². The Hall–Kier alpha value is -1.68. The Bertz CT molecular complexity index is 612. The largest absolute Gasteiger partial charge is 0.334 e. The van der Waals surface area contributed by atoms with E-state index in [2.05, 4.69) is 25.7 Å². The standard InChI is InChI=1S/C20H28N2O2/c1-20(2,3)16-7-5-15(6-8-16)18(23)19(24)22-12-4-11-21(13-14-22)17-9-10-17/h5-8,17H,4,9-14H2,1-3H3. The number of hydrogen-bond acceptors (Lipinski definition) is 3. The molecule has 0 radical (unpaired) electrons. The molecule has 4 nitrogen and oxygen atoms in total. The van der Waals surface area contributed by atoms with Crippen molar-refractivity contribution in [3.05, 3.63) is 35.4 Å². The number of hydrogen-bond donors (Lipinski definition) is 0. The summed E-state index contributed by atoms with van der Waals surface area (Å²) in [4.78, 5) is 29.3. The second-order valence-corrected chi connectivity index (χ2v) is 8.07. The Morgan fingerprint density at radius 3 is 2.21 bits per heavy atom. The first kappa shape index (κ1) is 17.2. The molecule has 1 aromatic carbocycles. The molecule has 0 spiro atoms. The van der Waals surface area contributed by atoms with Gasteiger partial charge >= 0.3 is 0 Å². The molecule has 2 aliphatic rings. The summed E-state index contributed by atoms with van der Waals surface area (Å²) in [7, 11) is 0. The summed E-state index contributed by atoms with van der Waals surface area (Å²) in [5.41, 5.74) is 1.71. The second-order valence-electron chi connectivity index (χ2n) is 8.07. The minimum absolute atomic E-state index is 0.0443. The highest BCUT2D eigenvalue weighted by Crippen LogP contribution is 2.27. The van der Waals surface area contributed by atoms with Crippen LogP contribution >= 0.6 is 0 Å². The Morgan fingerprint density at radius 1 is 0.958 bits per heavy atom. The first-order valence-corrected chi connectivity index (χ1v) is 9.04. The van der Waals surface area contributed by atoms with Crippen molar-refractivity contribution in [1.29, 1.82) is 0 Å². The summed E-state index contributed by atoms with van der Waals surface area (Å²) in [5.74, 6) is -0.730. The van der Waals surface area contributed by atoms with Crippen LogP contribution in [-0.4, -0.2) is 53.7 Å². The lowest BCUT2D eigenvalue weighted by Gasteiger charge is -2.21. The smallest absolute Gasteiger partial charge is 0.295 e. The van der Waals surface area contributed by atoms with Crippen LogP contribution in [0.2, 0.25) is 0 Å². The zero-order valence-corrected chi connectivity index (χ0v) is 15.0. The zero-order chi connectivity index (χ0) is 17.3. The van der Waals surface area contributed by atoms with Gasteiger partial charge in [-0.15, -0.1) is 0 Å². The Kier molecular flexibility index (Phi) is 4.77. The van der Waals surface area contributed by atoms with Gasteiger partial charge in [0.25, 0.3) is 5.91 Å². The number of carbonyl (C=O) groups excluding carboxylic acids is 2. The third-order valence-corrected chi connectivity index (χ3v) is 5.09. The minimum atomic E-state index is -0.379. The maximum atomic E-state index is 12.6. The van der Waals surface area contributed by atoms with Crippen molar-refractivity contribution < 1.29 is 9.59 Å². The van der Waals surface area contributed by atoms with E-state index in [9.17, 15) is 9.59 Å². The molecular weight excluding hydrogens is 300 g/mol. The molecule has 0 N–H and O–H groups in total. The molecule has 0 aromatic heterocycles. The summed E-state index contributed by atoms with van der Waals surface area (Å²) in [6, 6.07) is 8.21. The van der Waals surface area contributed by atoms with Gasteiger partial charge in [0.1, 0.15) is 0 Å². The number of ketones is 1. The first-order chi connectivity index (χ1) is 11.4. The lowest BCUT2D eigenvalue weighted by Crippen LogP contribution is -2.39. The predicted molar refractivity (Wildman–Crippen MR) is 95.3 cm³/mol. The molecule has 1 aromatic rings. The second kappa shape index (κ2) is 6.67. The number of Topliss-reactive ketones (excluding diaryl/α,β-unsaturated/α-hetero) is 1. The van der Waals surface area contributed by atoms with Crippen molar-refractivity contribution in [3.8, 4) is 0 Å². The highest BCUT2D eigenvalue weighted by molar-refractivity contribution is 6.42. The average Bonchev–Trinajstić information content (AvgIpc) is 3.38. The van der Waals surface area contributed by atoms with E-state index in [1.54, 1.807) is 17.0 Å². The fraction of sp³-hybridized carbons (Fsp3) is 0.600. The van der Waals surface area contributed by atoms with Crippen LogP contribution in [0.25, 0.3) is 0 Å². The molecule has 1 aliphatic carbocycles. The van der Waals surface area contributed by atoms with Crippen molar-refractivity contribution in [1.82, 2.24) is 9.80 Å². The van der Waals surface area contributed by atoms with Crippen LogP contribution < -0.4 is 0 Å². The fourth-order valence-electron chi connectivity index (χ4n) is 3.33. The van der Waals surface area contributed by atoms with Crippen LogP contribution in [0, 0.1) is 0 Å². The highest BCUT2D eigenvalue weighted by atomic mass is 16.2. The summed E-state index contributed by atoms with van der Waals surface area (Å²) in [6.45, 7) is 9.71. The average molecular weight is 328 g/mol. The molecular formula is C20H28N2O2. The lowest BCUT2D eigenvalue weighted by molar-refractivity contribution is -0.126. The van der Waals surface area contributed by atoms with E-state index in [-0.39, 0.29) is 17.1 Å². The molecule has 24 heavy (non-hydrogen) atoms. The maximum absolute atomic E-state index is 12.6. The van der Waals surface area contributed by atoms with Crippen LogP contribution in [-0.2, 0) is 10.2 Å². The van der Waals surface area contributed by atoms with Crippen LogP contribution in [0.5, 0.6) is 0 Å². The quantitative estimate of drug-likeness (QED) is 0.633. The molecule has 0 bridgehead atoms. The van der Waals surface area contributed by atoms with E-state index in [4.69, 9.17) is 0 Å².